The van der Waals surface area contributed by atoms with Crippen LogP contribution in [0.25, 0.3) is 0 Å². The zero-order chi connectivity index (χ0) is 15.2. The van der Waals surface area contributed by atoms with Crippen LogP contribution in [0, 0.1) is 0 Å². The highest BCUT2D eigenvalue weighted by Crippen LogP contribution is 2.41. The third kappa shape index (κ3) is 2.35. The molecule has 3 heterocycles. The van der Waals surface area contributed by atoms with Gasteiger partial charge in [-0.3, -0.25) is 0 Å². The van der Waals surface area contributed by atoms with Crippen LogP contribution in [0.15, 0.2) is 24.3 Å². The van der Waals surface area contributed by atoms with Crippen molar-refractivity contribution in [1.29, 1.82) is 0 Å². The number of ether oxygens (including phenoxy) is 1. The van der Waals surface area contributed by atoms with E-state index in [0.29, 0.717) is 19.0 Å². The van der Waals surface area contributed by atoms with E-state index in [4.69, 9.17) is 18.5 Å². The summed E-state index contributed by atoms with van der Waals surface area (Å²) in [4.78, 5) is 1.16. The Kier molecular flexibility index (Phi) is 3.65. The molecule has 1 spiro atoms. The van der Waals surface area contributed by atoms with Gasteiger partial charge in [-0.05, 0) is 6.07 Å². The van der Waals surface area contributed by atoms with Gasteiger partial charge in [-0.2, -0.15) is 0 Å². The van der Waals surface area contributed by atoms with Crippen LogP contribution in [-0.2, 0) is 18.5 Å². The molecule has 3 aliphatic rings. The number of hydrogen-bond acceptors (Lipinski definition) is 7. The third-order valence-corrected chi connectivity index (χ3v) is 4.37. The zero-order valence-electron chi connectivity index (χ0n) is 11.9. The minimum atomic E-state index is -2.41. The van der Waals surface area contributed by atoms with Crippen LogP contribution >= 0.6 is 0 Å². The molecular weight excluding hydrogens is 291 g/mol. The highest BCUT2D eigenvalue weighted by molar-refractivity contribution is 6.78. The molecule has 0 bridgehead atoms. The van der Waals surface area contributed by atoms with E-state index in [0.717, 1.165) is 23.6 Å². The van der Waals surface area contributed by atoms with Crippen LogP contribution in [-0.4, -0.2) is 57.7 Å². The van der Waals surface area contributed by atoms with Gasteiger partial charge in [0.15, 0.2) is 0 Å². The Morgan fingerprint density at radius 2 is 1.77 bits per heavy atom. The second-order valence-electron chi connectivity index (χ2n) is 5.62. The van der Waals surface area contributed by atoms with Crippen molar-refractivity contribution in [2.45, 2.75) is 5.94 Å². The lowest BCUT2D eigenvalue weighted by atomic mass is 9.62. The van der Waals surface area contributed by atoms with Gasteiger partial charge in [-0.15, -0.1) is 0 Å². The lowest BCUT2D eigenvalue weighted by Crippen LogP contribution is -3.17. The Morgan fingerprint density at radius 1 is 1.09 bits per heavy atom. The van der Waals surface area contributed by atoms with E-state index in [1.165, 1.54) is 0 Å². The molecule has 0 unspecified atom stereocenters. The van der Waals surface area contributed by atoms with Crippen LogP contribution < -0.4 is 9.55 Å². The summed E-state index contributed by atoms with van der Waals surface area (Å²) in [6.07, 6.45) is 0. The molecule has 22 heavy (non-hydrogen) atoms. The van der Waals surface area contributed by atoms with Crippen LogP contribution in [0.1, 0.15) is 11.5 Å². The lowest BCUT2D eigenvalue weighted by Gasteiger charge is -2.48. The molecule has 0 saturated carbocycles. The predicted octanol–water partition coefficient (Wildman–Crippen LogP) is -2.47. The van der Waals surface area contributed by atoms with E-state index >= 15 is 0 Å². The summed E-state index contributed by atoms with van der Waals surface area (Å²) < 4.78 is 26.9. The number of fused-ring (bicyclic) bond motifs is 1. The average molecular weight is 307 g/mol. The molecular formula is C11H16B3NO7. The van der Waals surface area contributed by atoms with Crippen molar-refractivity contribution in [2.24, 2.45) is 0 Å². The Bertz CT molecular complexity index is 548. The number of nitrogens with one attached hydrogen (secondary N) is 1. The van der Waals surface area contributed by atoms with Crippen molar-refractivity contribution < 1.29 is 38.1 Å². The molecule has 2 saturated heterocycles. The first-order chi connectivity index (χ1) is 10.7. The van der Waals surface area contributed by atoms with Gasteiger partial charge in [0, 0.05) is 5.56 Å². The number of rotatable bonds is 1. The summed E-state index contributed by atoms with van der Waals surface area (Å²) in [5.41, 5.74) is 0.931. The maximum atomic E-state index is 9.72. The van der Waals surface area contributed by atoms with Gasteiger partial charge in [-0.25, -0.2) is 0 Å². The van der Waals surface area contributed by atoms with Crippen molar-refractivity contribution in [1.82, 2.24) is 0 Å². The van der Waals surface area contributed by atoms with Gasteiger partial charge in [0.1, 0.15) is 0 Å². The Labute approximate surface area is 128 Å². The molecule has 116 valence electrons. The Balaban J connectivity index is 1.74. The first kappa shape index (κ1) is 14.5. The maximum absolute atomic E-state index is 9.72. The van der Waals surface area contributed by atoms with Crippen molar-refractivity contribution in [2.75, 3.05) is 26.3 Å². The Hall–Kier alpha value is -1.07. The number of hydrogen-bond donors (Lipinski definition) is 3. The van der Waals surface area contributed by atoms with Crippen LogP contribution in [0.2, 0.25) is 0 Å². The molecule has 11 heteroatoms. The number of morpholine rings is 1. The number of para-hydroxylation sites is 1. The molecule has 1 aromatic rings. The van der Waals surface area contributed by atoms with E-state index in [1.54, 1.807) is 0 Å². The fourth-order valence-corrected chi connectivity index (χ4v) is 3.50. The molecule has 3 aliphatic heterocycles. The molecule has 8 nitrogen and oxygen atoms in total. The second kappa shape index (κ2) is 5.53. The predicted molar refractivity (Wildman–Crippen MR) is 76.3 cm³/mol. The summed E-state index contributed by atoms with van der Waals surface area (Å²) in [6, 6.07) is 7.53. The monoisotopic (exact) mass is 307 g/mol. The van der Waals surface area contributed by atoms with E-state index in [2.05, 4.69) is 4.57 Å². The molecule has 1 aromatic carbocycles. The summed E-state index contributed by atoms with van der Waals surface area (Å²) >= 11 is 0. The average Bonchev–Trinajstić information content (AvgIpc) is 2.79. The molecule has 0 aliphatic carbocycles. The molecule has 0 amide bonds. The molecule has 0 radical (unpaired) electrons. The SMILES string of the molecule is OB1OB(O)O[B-]2(O1)Oc1ccccc1[C@H]2[NH+]1CCOCC1. The second-order valence-corrected chi connectivity index (χ2v) is 5.62. The molecule has 4 rings (SSSR count). The largest absolute Gasteiger partial charge is 0.667 e. The van der Waals surface area contributed by atoms with Crippen molar-refractivity contribution in [3.05, 3.63) is 29.8 Å². The van der Waals surface area contributed by atoms with Crippen molar-refractivity contribution in [3.8, 4) is 5.75 Å². The normalized spacial score (nSPS) is 27.8. The minimum absolute atomic E-state index is 0.298. The quantitative estimate of drug-likeness (QED) is 0.495. The summed E-state index contributed by atoms with van der Waals surface area (Å²) in [5.74, 6) is 0.334. The fourth-order valence-electron chi connectivity index (χ4n) is 3.50. The molecule has 0 aromatic heterocycles. The minimum Gasteiger partial charge on any atom is -0.667 e. The number of benzene rings is 1. The van der Waals surface area contributed by atoms with E-state index in [1.807, 2.05) is 24.3 Å². The summed E-state index contributed by atoms with van der Waals surface area (Å²) in [7, 11) is -3.19. The van der Waals surface area contributed by atoms with Crippen LogP contribution in [0.4, 0.5) is 0 Å². The van der Waals surface area contributed by atoms with Crippen molar-refractivity contribution in [3.63, 3.8) is 0 Å². The van der Waals surface area contributed by atoms with E-state index < -0.39 is 21.4 Å². The van der Waals surface area contributed by atoms with Gasteiger partial charge in [-0.1, -0.05) is 18.2 Å². The highest BCUT2D eigenvalue weighted by Gasteiger charge is 2.59. The summed E-state index contributed by atoms with van der Waals surface area (Å²) in [5, 5.41) is 19.4. The van der Waals surface area contributed by atoms with Gasteiger partial charge in [0.05, 0.1) is 38.0 Å². The first-order valence-electron chi connectivity index (χ1n) is 7.39. The van der Waals surface area contributed by atoms with E-state index in [9.17, 15) is 10.0 Å². The van der Waals surface area contributed by atoms with Gasteiger partial charge < -0.3 is 38.1 Å². The zero-order valence-corrected chi connectivity index (χ0v) is 11.9. The van der Waals surface area contributed by atoms with E-state index in [-0.39, 0.29) is 5.94 Å². The molecule has 1 atom stereocenters. The number of quaternary nitrogens is 1. The van der Waals surface area contributed by atoms with Gasteiger partial charge >= 0.3 is 21.4 Å². The standard InChI is InChI=1S/C11H15B3NO7/c16-12-20-13(17)22-14(21-12)11(15-5-7-18-8-6-15)9-3-1-2-4-10(9)19-14/h1-4,11,16-17H,5-8H2/q-1/p+1/t11-/m1/s1. The lowest BCUT2D eigenvalue weighted by molar-refractivity contribution is -0.928. The van der Waals surface area contributed by atoms with Crippen molar-refractivity contribution >= 4 is 21.4 Å². The highest BCUT2D eigenvalue weighted by atomic mass is 16.9. The topological polar surface area (TPSA) is 91.1 Å². The van der Waals surface area contributed by atoms with Gasteiger partial charge in [0.25, 0.3) is 0 Å². The summed E-state index contributed by atoms with van der Waals surface area (Å²) in [6.45, 7) is 0.352. The van der Waals surface area contributed by atoms with Crippen LogP contribution in [0.3, 0.4) is 0 Å². The smallest absolute Gasteiger partial charge is 0.582 e. The Morgan fingerprint density at radius 3 is 2.50 bits per heavy atom. The first-order valence-corrected chi connectivity index (χ1v) is 7.39. The molecule has 3 N–H and O–H groups in total. The maximum Gasteiger partial charge on any atom is 0.582 e. The third-order valence-electron chi connectivity index (χ3n) is 4.37. The van der Waals surface area contributed by atoms with Gasteiger partial charge in [0.2, 0.25) is 0 Å². The fraction of sp³-hybridized carbons (Fsp3) is 0.455. The van der Waals surface area contributed by atoms with Crippen LogP contribution in [0.5, 0.6) is 5.75 Å². The molecule has 2 fully saturated rings.